The lowest BCUT2D eigenvalue weighted by Crippen LogP contribution is -2.35. The van der Waals surface area contributed by atoms with Gasteiger partial charge in [-0.15, -0.1) is 0 Å². The van der Waals surface area contributed by atoms with Gasteiger partial charge < -0.3 is 9.47 Å². The number of hydrogen-bond donors (Lipinski definition) is 0. The number of hydrogen-bond acceptors (Lipinski definition) is 5. The number of nitrogens with zero attached hydrogens (tertiary/aromatic N) is 1. The van der Waals surface area contributed by atoms with E-state index in [0.29, 0.717) is 19.4 Å². The maximum Gasteiger partial charge on any atom is 0.313 e. The van der Waals surface area contributed by atoms with E-state index >= 15 is 0 Å². The molecular weight excluding hydrogens is 334 g/mol. The Morgan fingerprint density at radius 2 is 1.88 bits per heavy atom. The van der Waals surface area contributed by atoms with Crippen LogP contribution in [0.5, 0.6) is 5.75 Å². The van der Waals surface area contributed by atoms with Gasteiger partial charge in [-0.1, -0.05) is 24.3 Å². The zero-order chi connectivity index (χ0) is 18.7. The van der Waals surface area contributed by atoms with Gasteiger partial charge in [-0.2, -0.15) is 0 Å². The van der Waals surface area contributed by atoms with Gasteiger partial charge in [-0.05, 0) is 41.8 Å². The van der Waals surface area contributed by atoms with Gasteiger partial charge in [0.2, 0.25) is 5.91 Å². The standard InChI is InChI=1S/C20H21NO5/c1-13(20(24)26-12-19(23)21-9-3-4-18(21)22)14-5-6-16-11-17(25-2)8-7-15(16)10-14/h5-8,10-11,13H,3-4,9,12H2,1-2H3/t13-/m0/s1. The van der Waals surface area contributed by atoms with E-state index in [1.165, 1.54) is 0 Å². The van der Waals surface area contributed by atoms with Crippen molar-refractivity contribution in [2.45, 2.75) is 25.7 Å². The summed E-state index contributed by atoms with van der Waals surface area (Å²) in [4.78, 5) is 36.9. The molecule has 0 aliphatic carbocycles. The van der Waals surface area contributed by atoms with Crippen LogP contribution in [-0.4, -0.2) is 42.9 Å². The molecule has 0 bridgehead atoms. The number of esters is 1. The molecule has 1 atom stereocenters. The van der Waals surface area contributed by atoms with Gasteiger partial charge in [0.25, 0.3) is 5.91 Å². The van der Waals surface area contributed by atoms with Crippen molar-refractivity contribution in [3.05, 3.63) is 42.0 Å². The molecule has 0 radical (unpaired) electrons. The van der Waals surface area contributed by atoms with E-state index < -0.39 is 24.4 Å². The highest BCUT2D eigenvalue weighted by Gasteiger charge is 2.27. The van der Waals surface area contributed by atoms with Crippen molar-refractivity contribution in [1.29, 1.82) is 0 Å². The maximum atomic E-state index is 12.3. The van der Waals surface area contributed by atoms with Gasteiger partial charge in [0.15, 0.2) is 6.61 Å². The second-order valence-corrected chi connectivity index (χ2v) is 6.34. The molecule has 0 unspecified atom stereocenters. The molecule has 2 aromatic carbocycles. The minimum atomic E-state index is -0.511. The Hall–Kier alpha value is -2.89. The monoisotopic (exact) mass is 355 g/mol. The molecule has 0 spiro atoms. The molecule has 1 heterocycles. The van der Waals surface area contributed by atoms with Gasteiger partial charge in [-0.25, -0.2) is 0 Å². The normalized spacial score (nSPS) is 15.2. The summed E-state index contributed by atoms with van der Waals surface area (Å²) in [5.74, 6) is -0.892. The van der Waals surface area contributed by atoms with Crippen molar-refractivity contribution in [3.63, 3.8) is 0 Å². The second-order valence-electron chi connectivity index (χ2n) is 6.34. The fourth-order valence-corrected chi connectivity index (χ4v) is 3.02. The summed E-state index contributed by atoms with van der Waals surface area (Å²) < 4.78 is 10.3. The SMILES string of the molecule is COc1ccc2cc([C@H](C)C(=O)OCC(=O)N3CCCC3=O)ccc2c1. The minimum Gasteiger partial charge on any atom is -0.497 e. The van der Waals surface area contributed by atoms with E-state index in [0.717, 1.165) is 27.0 Å². The average Bonchev–Trinajstić information content (AvgIpc) is 3.10. The van der Waals surface area contributed by atoms with Crippen molar-refractivity contribution >= 4 is 28.6 Å². The third kappa shape index (κ3) is 3.69. The van der Waals surface area contributed by atoms with E-state index in [-0.39, 0.29) is 5.91 Å². The van der Waals surface area contributed by atoms with Gasteiger partial charge in [0.05, 0.1) is 13.0 Å². The summed E-state index contributed by atoms with van der Waals surface area (Å²) in [6, 6.07) is 11.4. The lowest BCUT2D eigenvalue weighted by Gasteiger charge is -2.16. The molecule has 1 aliphatic rings. The Labute approximate surface area is 151 Å². The first-order valence-electron chi connectivity index (χ1n) is 8.57. The smallest absolute Gasteiger partial charge is 0.313 e. The van der Waals surface area contributed by atoms with Crippen LogP contribution >= 0.6 is 0 Å². The molecule has 1 fully saturated rings. The third-order valence-corrected chi connectivity index (χ3v) is 4.64. The topological polar surface area (TPSA) is 72.9 Å². The number of imide groups is 1. The summed E-state index contributed by atoms with van der Waals surface area (Å²) in [6.07, 6.45) is 1.04. The fraction of sp³-hybridized carbons (Fsp3) is 0.350. The highest BCUT2D eigenvalue weighted by atomic mass is 16.5. The first-order chi connectivity index (χ1) is 12.5. The van der Waals surface area contributed by atoms with Crippen LogP contribution in [0, 0.1) is 0 Å². The summed E-state index contributed by atoms with van der Waals surface area (Å²) in [5, 5.41) is 2.00. The number of benzene rings is 2. The van der Waals surface area contributed by atoms with Gasteiger partial charge >= 0.3 is 5.97 Å². The van der Waals surface area contributed by atoms with Crippen LogP contribution in [0.4, 0.5) is 0 Å². The first-order valence-corrected chi connectivity index (χ1v) is 8.57. The molecule has 3 rings (SSSR count). The number of carbonyl (C=O) groups is 3. The van der Waals surface area contributed by atoms with E-state index in [1.54, 1.807) is 14.0 Å². The second kappa shape index (κ2) is 7.56. The number of likely N-dealkylation sites (tertiary alicyclic amines) is 1. The number of carbonyl (C=O) groups excluding carboxylic acids is 3. The molecule has 6 nitrogen and oxygen atoms in total. The number of rotatable bonds is 5. The van der Waals surface area contributed by atoms with E-state index in [1.807, 2.05) is 36.4 Å². The van der Waals surface area contributed by atoms with E-state index in [9.17, 15) is 14.4 Å². The van der Waals surface area contributed by atoms with Crippen LogP contribution in [0.1, 0.15) is 31.2 Å². The molecule has 26 heavy (non-hydrogen) atoms. The van der Waals surface area contributed by atoms with Gasteiger partial charge in [0.1, 0.15) is 5.75 Å². The molecule has 6 heteroatoms. The van der Waals surface area contributed by atoms with Gasteiger partial charge in [-0.3, -0.25) is 19.3 Å². The number of ether oxygens (including phenoxy) is 2. The summed E-state index contributed by atoms with van der Waals surface area (Å²) in [7, 11) is 1.62. The molecule has 2 amide bonds. The molecule has 0 aromatic heterocycles. The summed E-state index contributed by atoms with van der Waals surface area (Å²) in [5.41, 5.74) is 0.803. The van der Waals surface area contributed by atoms with Crippen molar-refractivity contribution in [1.82, 2.24) is 4.90 Å². The predicted molar refractivity (Wildman–Crippen MR) is 95.8 cm³/mol. The number of amides is 2. The number of fused-ring (bicyclic) bond motifs is 1. The van der Waals surface area contributed by atoms with Crippen molar-refractivity contribution in [2.75, 3.05) is 20.3 Å². The van der Waals surface area contributed by atoms with Crippen molar-refractivity contribution < 1.29 is 23.9 Å². The van der Waals surface area contributed by atoms with Crippen LogP contribution in [-0.2, 0) is 19.1 Å². The van der Waals surface area contributed by atoms with Crippen LogP contribution in [0.25, 0.3) is 10.8 Å². The predicted octanol–water partition coefficient (Wildman–Crippen LogP) is 2.64. The zero-order valence-electron chi connectivity index (χ0n) is 14.9. The Morgan fingerprint density at radius 3 is 2.58 bits per heavy atom. The molecule has 1 aliphatic heterocycles. The average molecular weight is 355 g/mol. The number of methoxy groups -OCH3 is 1. The van der Waals surface area contributed by atoms with E-state index in [4.69, 9.17) is 9.47 Å². The molecule has 136 valence electrons. The lowest BCUT2D eigenvalue weighted by molar-refractivity contribution is -0.155. The fourth-order valence-electron chi connectivity index (χ4n) is 3.02. The molecule has 1 saturated heterocycles. The van der Waals surface area contributed by atoms with Crippen LogP contribution in [0.2, 0.25) is 0 Å². The first kappa shape index (κ1) is 17.9. The Morgan fingerprint density at radius 1 is 1.15 bits per heavy atom. The van der Waals surface area contributed by atoms with E-state index in [2.05, 4.69) is 0 Å². The van der Waals surface area contributed by atoms with Crippen LogP contribution in [0.3, 0.4) is 0 Å². The van der Waals surface area contributed by atoms with Crippen LogP contribution < -0.4 is 4.74 Å². The summed E-state index contributed by atoms with van der Waals surface area (Å²) in [6.45, 7) is 1.73. The Kier molecular flexibility index (Phi) is 5.21. The third-order valence-electron chi connectivity index (χ3n) is 4.64. The highest BCUT2D eigenvalue weighted by molar-refractivity contribution is 5.98. The Balaban J connectivity index is 1.65. The molecule has 0 saturated carbocycles. The maximum absolute atomic E-state index is 12.3. The largest absolute Gasteiger partial charge is 0.497 e. The quantitative estimate of drug-likeness (QED) is 0.771. The summed E-state index contributed by atoms with van der Waals surface area (Å²) >= 11 is 0. The molecule has 2 aromatic rings. The minimum absolute atomic E-state index is 0.205. The highest BCUT2D eigenvalue weighted by Crippen LogP contribution is 2.25. The van der Waals surface area contributed by atoms with Crippen LogP contribution in [0.15, 0.2) is 36.4 Å². The van der Waals surface area contributed by atoms with Crippen molar-refractivity contribution in [3.8, 4) is 5.75 Å². The Bertz CT molecular complexity index is 860. The van der Waals surface area contributed by atoms with Gasteiger partial charge in [0, 0.05) is 13.0 Å². The molecular formula is C20H21NO5. The van der Waals surface area contributed by atoms with Crippen molar-refractivity contribution in [2.24, 2.45) is 0 Å². The zero-order valence-corrected chi connectivity index (χ0v) is 14.9. The lowest BCUT2D eigenvalue weighted by atomic mass is 9.98. The molecule has 0 N–H and O–H groups in total.